The zero-order chi connectivity index (χ0) is 27.4. The van der Waals surface area contributed by atoms with Crippen LogP contribution in [0.2, 0.25) is 0 Å². The first-order chi connectivity index (χ1) is 17.8. The third kappa shape index (κ3) is 16.1. The molecule has 0 aromatic rings. The number of hydroxylamine groups is 2. The first-order valence-corrected chi connectivity index (χ1v) is 14.0. The number of nitrogens with zero attached hydrogens (tertiary/aromatic N) is 2. The van der Waals surface area contributed by atoms with Crippen molar-refractivity contribution in [3.05, 3.63) is 0 Å². The summed E-state index contributed by atoms with van der Waals surface area (Å²) in [5, 5.41) is 11.6. The molecule has 1 aliphatic heterocycles. The van der Waals surface area contributed by atoms with Crippen LogP contribution >= 0.6 is 0 Å². The van der Waals surface area contributed by atoms with Crippen LogP contribution in [0, 0.1) is 0 Å². The van der Waals surface area contributed by atoms with Gasteiger partial charge in [0.25, 0.3) is 0 Å². The summed E-state index contributed by atoms with van der Waals surface area (Å²) in [5.41, 5.74) is 2.57. The molecule has 0 aromatic carbocycles. The second-order valence-corrected chi connectivity index (χ2v) is 9.94. The predicted octanol–water partition coefficient (Wildman–Crippen LogP) is 4.12. The number of unbranched alkanes of at least 4 members (excludes halogenated alkanes) is 14. The Morgan fingerprint density at radius 2 is 1.35 bits per heavy atom. The predicted molar refractivity (Wildman–Crippen MR) is 140 cm³/mol. The van der Waals surface area contributed by atoms with Crippen LogP contribution in [0.4, 0.5) is 0 Å². The molecule has 0 aromatic heterocycles. The average Bonchev–Trinajstić information content (AvgIpc) is 3.34. The van der Waals surface area contributed by atoms with Crippen molar-refractivity contribution in [3.8, 4) is 0 Å². The van der Waals surface area contributed by atoms with Gasteiger partial charge in [-0.1, -0.05) is 96.8 Å². The second kappa shape index (κ2) is 19.6. The number of nitrogens with two attached hydrogens (primary N) is 1. The molecule has 0 fully saturated rings. The molecule has 1 rings (SSSR count). The maximum atomic E-state index is 12.3. The topological polar surface area (TPSA) is 149 Å². The molecule has 1 aliphatic rings. The van der Waals surface area contributed by atoms with Gasteiger partial charge in [0.2, 0.25) is 5.91 Å². The fourth-order valence-electron chi connectivity index (χ4n) is 4.21. The highest BCUT2D eigenvalue weighted by molar-refractivity contribution is 5.93. The summed E-state index contributed by atoms with van der Waals surface area (Å²) in [5.74, 6) is -4.11. The summed E-state index contributed by atoms with van der Waals surface area (Å²) in [4.78, 5) is 56.6. The zero-order valence-electron chi connectivity index (χ0n) is 22.6. The Morgan fingerprint density at radius 1 is 0.838 bits per heavy atom. The van der Waals surface area contributed by atoms with Crippen molar-refractivity contribution < 1.29 is 33.9 Å². The highest BCUT2D eigenvalue weighted by Crippen LogP contribution is 2.20. The van der Waals surface area contributed by atoms with Crippen molar-refractivity contribution in [1.82, 2.24) is 5.06 Å². The fourth-order valence-corrected chi connectivity index (χ4v) is 4.21. The standard InChI is InChI=1S/C27H47N3O7/c1-2-3-4-5-6-7-8-9-10-11-12-13-14-15-16-17-24(32)36-25(33)21-27(35,20-23(28)31)26(34)37-30-19-18-29-22-30/h22,35H,2-21H2,1H3,(H2,28,31). The normalized spacial score (nSPS) is 14.4. The fraction of sp³-hybridized carbons (Fsp3) is 0.815. The van der Waals surface area contributed by atoms with Gasteiger partial charge in [-0.05, 0) is 6.42 Å². The molecule has 1 atom stereocenters. The Balaban J connectivity index is 2.12. The van der Waals surface area contributed by atoms with E-state index in [9.17, 15) is 24.3 Å². The molecule has 0 spiro atoms. The SMILES string of the molecule is CCCCCCCCCCCCCCCCCC(=O)OC(=O)CC(O)(CC(N)=O)C(=O)ON1C=NCC1. The van der Waals surface area contributed by atoms with E-state index < -0.39 is 42.3 Å². The van der Waals surface area contributed by atoms with E-state index in [4.69, 9.17) is 15.3 Å². The first kappa shape index (κ1) is 32.5. The second-order valence-electron chi connectivity index (χ2n) is 9.94. The van der Waals surface area contributed by atoms with Crippen molar-refractivity contribution in [2.45, 2.75) is 128 Å². The lowest BCUT2D eigenvalue weighted by molar-refractivity contribution is -0.197. The number of ether oxygens (including phenoxy) is 1. The lowest BCUT2D eigenvalue weighted by atomic mass is 9.95. The Labute approximate surface area is 221 Å². The van der Waals surface area contributed by atoms with E-state index in [1.165, 1.54) is 77.0 Å². The molecule has 3 N–H and O–H groups in total. The van der Waals surface area contributed by atoms with E-state index in [0.29, 0.717) is 13.0 Å². The van der Waals surface area contributed by atoms with Gasteiger partial charge in [0.15, 0.2) is 5.60 Å². The third-order valence-corrected chi connectivity index (χ3v) is 6.36. The third-order valence-electron chi connectivity index (χ3n) is 6.36. The molecule has 1 amide bonds. The Hall–Kier alpha value is -2.49. The lowest BCUT2D eigenvalue weighted by Crippen LogP contribution is -2.47. The van der Waals surface area contributed by atoms with E-state index in [1.54, 1.807) is 0 Å². The smallest absolute Gasteiger partial charge is 0.364 e. The highest BCUT2D eigenvalue weighted by Gasteiger charge is 2.44. The van der Waals surface area contributed by atoms with Crippen molar-refractivity contribution in [2.75, 3.05) is 13.1 Å². The van der Waals surface area contributed by atoms with Gasteiger partial charge in [-0.3, -0.25) is 19.4 Å². The van der Waals surface area contributed by atoms with Crippen LogP contribution < -0.4 is 5.73 Å². The summed E-state index contributed by atoms with van der Waals surface area (Å²) >= 11 is 0. The molecule has 1 unspecified atom stereocenters. The Morgan fingerprint density at radius 3 is 1.81 bits per heavy atom. The first-order valence-electron chi connectivity index (χ1n) is 14.0. The molecular formula is C27H47N3O7. The van der Waals surface area contributed by atoms with E-state index in [1.807, 2.05) is 0 Å². The van der Waals surface area contributed by atoms with Crippen molar-refractivity contribution in [2.24, 2.45) is 10.7 Å². The number of carbonyl (C=O) groups excluding carboxylic acids is 4. The van der Waals surface area contributed by atoms with E-state index in [-0.39, 0.29) is 13.0 Å². The van der Waals surface area contributed by atoms with Crippen LogP contribution in [-0.2, 0) is 28.8 Å². The summed E-state index contributed by atoms with van der Waals surface area (Å²) < 4.78 is 4.73. The van der Waals surface area contributed by atoms with Crippen molar-refractivity contribution in [3.63, 3.8) is 0 Å². The molecular weight excluding hydrogens is 478 g/mol. The summed E-state index contributed by atoms with van der Waals surface area (Å²) in [7, 11) is 0. The maximum absolute atomic E-state index is 12.3. The monoisotopic (exact) mass is 525 g/mol. The van der Waals surface area contributed by atoms with Crippen LogP contribution in [0.5, 0.6) is 0 Å². The number of aliphatic imine (C=N–C) groups is 1. The molecule has 37 heavy (non-hydrogen) atoms. The number of hydrogen-bond acceptors (Lipinski definition) is 9. The molecule has 10 heteroatoms. The minimum atomic E-state index is -2.53. The molecule has 10 nitrogen and oxygen atoms in total. The van der Waals surface area contributed by atoms with Gasteiger partial charge in [-0.15, -0.1) is 0 Å². The summed E-state index contributed by atoms with van der Waals surface area (Å²) in [6, 6.07) is 0. The number of aliphatic hydroxyl groups is 1. The van der Waals surface area contributed by atoms with E-state index >= 15 is 0 Å². The maximum Gasteiger partial charge on any atom is 0.364 e. The number of primary amides is 1. The van der Waals surface area contributed by atoms with Crippen LogP contribution in [0.25, 0.3) is 0 Å². The molecule has 0 aliphatic carbocycles. The van der Waals surface area contributed by atoms with Crippen LogP contribution in [0.3, 0.4) is 0 Å². The molecule has 0 bridgehead atoms. The number of rotatable bonds is 22. The molecule has 0 saturated carbocycles. The largest absolute Gasteiger partial charge is 0.393 e. The van der Waals surface area contributed by atoms with Crippen LogP contribution in [0.1, 0.15) is 122 Å². The van der Waals surface area contributed by atoms with E-state index in [2.05, 4.69) is 11.9 Å². The van der Waals surface area contributed by atoms with Gasteiger partial charge in [0.1, 0.15) is 6.34 Å². The van der Waals surface area contributed by atoms with Gasteiger partial charge in [0, 0.05) is 6.42 Å². The van der Waals surface area contributed by atoms with E-state index in [0.717, 1.165) is 24.3 Å². The van der Waals surface area contributed by atoms with Crippen LogP contribution in [0.15, 0.2) is 4.99 Å². The van der Waals surface area contributed by atoms with Gasteiger partial charge in [0.05, 0.1) is 25.9 Å². The zero-order valence-corrected chi connectivity index (χ0v) is 22.6. The Kier molecular flexibility index (Phi) is 17.2. The summed E-state index contributed by atoms with van der Waals surface area (Å²) in [6.07, 6.45) is 17.6. The van der Waals surface area contributed by atoms with Gasteiger partial charge >= 0.3 is 17.9 Å². The van der Waals surface area contributed by atoms with Gasteiger partial charge in [-0.2, -0.15) is 5.06 Å². The van der Waals surface area contributed by atoms with Gasteiger partial charge < -0.3 is 20.4 Å². The van der Waals surface area contributed by atoms with Crippen LogP contribution in [-0.4, -0.2) is 59.0 Å². The molecule has 1 heterocycles. The highest BCUT2D eigenvalue weighted by atomic mass is 16.7. The minimum absolute atomic E-state index is 0.0624. The Bertz CT molecular complexity index is 729. The molecule has 212 valence electrons. The number of carbonyl (C=O) groups is 4. The van der Waals surface area contributed by atoms with Crippen molar-refractivity contribution in [1.29, 1.82) is 0 Å². The number of hydrogen-bond donors (Lipinski definition) is 2. The number of esters is 2. The molecule has 0 radical (unpaired) electrons. The average molecular weight is 526 g/mol. The quantitative estimate of drug-likeness (QED) is 0.122. The van der Waals surface area contributed by atoms with Crippen molar-refractivity contribution >= 4 is 30.2 Å². The van der Waals surface area contributed by atoms with Gasteiger partial charge in [-0.25, -0.2) is 4.79 Å². The summed E-state index contributed by atoms with van der Waals surface area (Å²) in [6.45, 7) is 2.92. The minimum Gasteiger partial charge on any atom is -0.393 e. The molecule has 0 saturated heterocycles. The number of amides is 1. The lowest BCUT2D eigenvalue weighted by Gasteiger charge is -2.25.